The van der Waals surface area contributed by atoms with Crippen LogP contribution in [0, 0.1) is 5.92 Å². The molecule has 0 unspecified atom stereocenters. The van der Waals surface area contributed by atoms with Crippen LogP contribution < -0.4 is 5.32 Å². The minimum absolute atomic E-state index is 0.0932. The summed E-state index contributed by atoms with van der Waals surface area (Å²) in [5.41, 5.74) is 1.10. The van der Waals surface area contributed by atoms with Crippen molar-refractivity contribution in [3.8, 4) is 0 Å². The van der Waals surface area contributed by atoms with Crippen LogP contribution in [-0.2, 0) is 11.3 Å². The number of carboxylic acids is 1. The summed E-state index contributed by atoms with van der Waals surface area (Å²) in [5, 5.41) is 12.3. The van der Waals surface area contributed by atoms with Crippen molar-refractivity contribution < 1.29 is 14.7 Å². The molecule has 0 aromatic heterocycles. The standard InChI is InChI=1S/C16H21ClN2O3/c1-18-15(20)8-11-4-6-19(7-5-11)10-13-9-12(16(21)22)2-3-14(13)17/h2-3,9,11H,4-8,10H2,1H3,(H,18,20)(H,21,22). The number of halogens is 1. The third-order valence-corrected chi connectivity index (χ3v) is 4.52. The Labute approximate surface area is 135 Å². The largest absolute Gasteiger partial charge is 0.478 e. The van der Waals surface area contributed by atoms with Gasteiger partial charge >= 0.3 is 5.97 Å². The Hall–Kier alpha value is -1.59. The van der Waals surface area contributed by atoms with E-state index in [1.807, 2.05) is 0 Å². The fraction of sp³-hybridized carbons (Fsp3) is 0.500. The van der Waals surface area contributed by atoms with Crippen LogP contribution in [0.4, 0.5) is 0 Å². The van der Waals surface area contributed by atoms with Gasteiger partial charge in [0.25, 0.3) is 0 Å². The lowest BCUT2D eigenvalue weighted by Gasteiger charge is -2.31. The van der Waals surface area contributed by atoms with E-state index in [1.54, 1.807) is 19.2 Å². The highest BCUT2D eigenvalue weighted by atomic mass is 35.5. The Bertz CT molecular complexity index is 554. The predicted octanol–water partition coefficient (Wildman–Crippen LogP) is 2.39. The summed E-state index contributed by atoms with van der Waals surface area (Å²) >= 11 is 6.16. The molecule has 120 valence electrons. The van der Waals surface area contributed by atoms with Gasteiger partial charge in [-0.15, -0.1) is 0 Å². The summed E-state index contributed by atoms with van der Waals surface area (Å²) in [7, 11) is 1.66. The van der Waals surface area contributed by atoms with E-state index in [4.69, 9.17) is 16.7 Å². The summed E-state index contributed by atoms with van der Waals surface area (Å²) in [6, 6.07) is 4.80. The fourth-order valence-electron chi connectivity index (χ4n) is 2.78. The molecular weight excluding hydrogens is 304 g/mol. The molecular formula is C16H21ClN2O3. The Morgan fingerprint density at radius 2 is 2.05 bits per heavy atom. The van der Waals surface area contributed by atoms with Gasteiger partial charge in [0, 0.05) is 25.0 Å². The quantitative estimate of drug-likeness (QED) is 0.872. The maximum Gasteiger partial charge on any atom is 0.335 e. The first kappa shape index (κ1) is 16.8. The van der Waals surface area contributed by atoms with Crippen LogP contribution in [0.25, 0.3) is 0 Å². The van der Waals surface area contributed by atoms with E-state index >= 15 is 0 Å². The van der Waals surface area contributed by atoms with E-state index in [1.165, 1.54) is 6.07 Å². The second kappa shape index (κ2) is 7.61. The number of rotatable bonds is 5. The number of nitrogens with zero attached hydrogens (tertiary/aromatic N) is 1. The number of carboxylic acid groups (broad SMARTS) is 1. The summed E-state index contributed by atoms with van der Waals surface area (Å²) in [6.07, 6.45) is 2.53. The number of likely N-dealkylation sites (tertiary alicyclic amines) is 1. The van der Waals surface area contributed by atoms with Gasteiger partial charge in [0.1, 0.15) is 0 Å². The van der Waals surface area contributed by atoms with Crippen molar-refractivity contribution in [3.05, 3.63) is 34.3 Å². The highest BCUT2D eigenvalue weighted by Crippen LogP contribution is 2.24. The highest BCUT2D eigenvalue weighted by Gasteiger charge is 2.22. The van der Waals surface area contributed by atoms with Crippen LogP contribution in [-0.4, -0.2) is 42.0 Å². The van der Waals surface area contributed by atoms with E-state index < -0.39 is 5.97 Å². The molecule has 0 saturated carbocycles. The second-order valence-corrected chi connectivity index (χ2v) is 6.12. The van der Waals surface area contributed by atoms with Gasteiger partial charge in [-0.1, -0.05) is 11.6 Å². The van der Waals surface area contributed by atoms with Crippen molar-refractivity contribution in [3.63, 3.8) is 0 Å². The zero-order valence-corrected chi connectivity index (χ0v) is 13.4. The molecule has 6 heteroatoms. The van der Waals surface area contributed by atoms with Crippen LogP contribution in [0.15, 0.2) is 18.2 Å². The number of hydrogen-bond donors (Lipinski definition) is 2. The first-order valence-corrected chi connectivity index (χ1v) is 7.82. The number of amides is 1. The van der Waals surface area contributed by atoms with Gasteiger partial charge in [0.15, 0.2) is 0 Å². The molecule has 1 saturated heterocycles. The third kappa shape index (κ3) is 4.45. The van der Waals surface area contributed by atoms with Crippen LogP contribution in [0.1, 0.15) is 35.2 Å². The Morgan fingerprint density at radius 3 is 2.64 bits per heavy atom. The number of benzene rings is 1. The molecule has 0 bridgehead atoms. The van der Waals surface area contributed by atoms with Crippen molar-refractivity contribution >= 4 is 23.5 Å². The molecule has 2 N–H and O–H groups in total. The fourth-order valence-corrected chi connectivity index (χ4v) is 2.96. The number of aromatic carboxylic acids is 1. The molecule has 5 nitrogen and oxygen atoms in total. The van der Waals surface area contributed by atoms with Gasteiger partial charge in [-0.2, -0.15) is 0 Å². The molecule has 22 heavy (non-hydrogen) atoms. The Kier molecular flexibility index (Phi) is 5.80. The molecule has 0 aliphatic carbocycles. The smallest absolute Gasteiger partial charge is 0.335 e. The van der Waals surface area contributed by atoms with E-state index in [9.17, 15) is 9.59 Å². The molecule has 0 atom stereocenters. The minimum Gasteiger partial charge on any atom is -0.478 e. The average Bonchev–Trinajstić information content (AvgIpc) is 2.51. The van der Waals surface area contributed by atoms with E-state index in [2.05, 4.69) is 10.2 Å². The summed E-state index contributed by atoms with van der Waals surface area (Å²) in [5.74, 6) is -0.421. The maximum atomic E-state index is 11.4. The highest BCUT2D eigenvalue weighted by molar-refractivity contribution is 6.31. The van der Waals surface area contributed by atoms with Gasteiger partial charge in [-0.25, -0.2) is 4.79 Å². The Balaban J connectivity index is 1.92. The first-order chi connectivity index (χ1) is 10.5. The number of carbonyl (C=O) groups is 2. The van der Waals surface area contributed by atoms with Crippen molar-refractivity contribution in [2.75, 3.05) is 20.1 Å². The Morgan fingerprint density at radius 1 is 1.36 bits per heavy atom. The van der Waals surface area contributed by atoms with Gasteiger partial charge < -0.3 is 10.4 Å². The lowest BCUT2D eigenvalue weighted by molar-refractivity contribution is -0.121. The van der Waals surface area contributed by atoms with Crippen LogP contribution in [0.2, 0.25) is 5.02 Å². The summed E-state index contributed by atoms with van der Waals surface area (Å²) in [4.78, 5) is 24.7. The molecule has 1 fully saturated rings. The lowest BCUT2D eigenvalue weighted by Crippen LogP contribution is -2.35. The molecule has 1 aliphatic heterocycles. The third-order valence-electron chi connectivity index (χ3n) is 4.15. The summed E-state index contributed by atoms with van der Waals surface area (Å²) < 4.78 is 0. The van der Waals surface area contributed by atoms with Crippen molar-refractivity contribution in [2.45, 2.75) is 25.8 Å². The second-order valence-electron chi connectivity index (χ2n) is 5.71. The van der Waals surface area contributed by atoms with Gasteiger partial charge in [-0.05, 0) is 55.6 Å². The first-order valence-electron chi connectivity index (χ1n) is 7.44. The normalized spacial score (nSPS) is 16.5. The topological polar surface area (TPSA) is 69.6 Å². The van der Waals surface area contributed by atoms with Crippen molar-refractivity contribution in [1.82, 2.24) is 10.2 Å². The van der Waals surface area contributed by atoms with Gasteiger partial charge in [0.2, 0.25) is 5.91 Å². The van der Waals surface area contributed by atoms with Crippen LogP contribution in [0.3, 0.4) is 0 Å². The van der Waals surface area contributed by atoms with Crippen LogP contribution >= 0.6 is 11.6 Å². The molecule has 1 amide bonds. The minimum atomic E-state index is -0.942. The van der Waals surface area contributed by atoms with E-state index in [0.717, 1.165) is 31.5 Å². The van der Waals surface area contributed by atoms with Crippen LogP contribution in [0.5, 0.6) is 0 Å². The SMILES string of the molecule is CNC(=O)CC1CCN(Cc2cc(C(=O)O)ccc2Cl)CC1. The number of carbonyl (C=O) groups excluding carboxylic acids is 1. The molecule has 0 spiro atoms. The van der Waals surface area contributed by atoms with E-state index in [0.29, 0.717) is 23.9 Å². The maximum absolute atomic E-state index is 11.4. The zero-order valence-electron chi connectivity index (χ0n) is 12.6. The monoisotopic (exact) mass is 324 g/mol. The number of nitrogens with one attached hydrogen (secondary N) is 1. The number of hydrogen-bond acceptors (Lipinski definition) is 3. The molecule has 1 aromatic carbocycles. The number of piperidine rings is 1. The predicted molar refractivity (Wildman–Crippen MR) is 85.1 cm³/mol. The molecule has 0 radical (unpaired) electrons. The lowest BCUT2D eigenvalue weighted by atomic mass is 9.93. The molecule has 1 aromatic rings. The molecule has 1 heterocycles. The average molecular weight is 325 g/mol. The zero-order chi connectivity index (χ0) is 16.1. The van der Waals surface area contributed by atoms with Crippen molar-refractivity contribution in [1.29, 1.82) is 0 Å². The van der Waals surface area contributed by atoms with Gasteiger partial charge in [-0.3, -0.25) is 9.69 Å². The molecule has 2 rings (SSSR count). The van der Waals surface area contributed by atoms with Crippen molar-refractivity contribution in [2.24, 2.45) is 5.92 Å². The van der Waals surface area contributed by atoms with Gasteiger partial charge in [0.05, 0.1) is 5.56 Å². The molecule has 1 aliphatic rings. The van der Waals surface area contributed by atoms with E-state index in [-0.39, 0.29) is 11.5 Å². The summed E-state index contributed by atoms with van der Waals surface area (Å²) in [6.45, 7) is 2.44.